The highest BCUT2D eigenvalue weighted by Crippen LogP contribution is 2.27. The fraction of sp³-hybridized carbons (Fsp3) is 0.154. The highest BCUT2D eigenvalue weighted by Gasteiger charge is 2.11. The Hall–Kier alpha value is -0.900. The number of hydrogen-bond donors (Lipinski definition) is 1. The van der Waals surface area contributed by atoms with Crippen LogP contribution in [0.4, 0.5) is 0 Å². The van der Waals surface area contributed by atoms with E-state index in [9.17, 15) is 0 Å². The van der Waals surface area contributed by atoms with Crippen molar-refractivity contribution in [3.8, 4) is 0 Å². The van der Waals surface area contributed by atoms with Crippen molar-refractivity contribution in [2.45, 2.75) is 12.5 Å². The Morgan fingerprint density at radius 3 is 2.82 bits per heavy atom. The molecule has 0 saturated heterocycles. The summed E-state index contributed by atoms with van der Waals surface area (Å²) in [6.07, 6.45) is 4.35. The maximum atomic E-state index is 6.18. The molecule has 1 aromatic carbocycles. The molecule has 1 atom stereocenters. The molecule has 0 fully saturated rings. The van der Waals surface area contributed by atoms with Crippen molar-refractivity contribution in [3.05, 3.63) is 63.3 Å². The van der Waals surface area contributed by atoms with Gasteiger partial charge in [-0.1, -0.05) is 39.7 Å². The molecule has 88 valence electrons. The smallest absolute Gasteiger partial charge is 0.0417 e. The Kier molecular flexibility index (Phi) is 4.15. The van der Waals surface area contributed by atoms with Crippen LogP contribution in [0.2, 0.25) is 5.02 Å². The normalized spacial score (nSPS) is 12.4. The number of pyridine rings is 1. The first-order chi connectivity index (χ1) is 8.16. The molecular weight excluding hydrogens is 300 g/mol. The average Bonchev–Trinajstić information content (AvgIpc) is 2.30. The van der Waals surface area contributed by atoms with Crippen molar-refractivity contribution in [2.75, 3.05) is 0 Å². The van der Waals surface area contributed by atoms with Crippen LogP contribution >= 0.6 is 27.5 Å². The second kappa shape index (κ2) is 5.63. The number of hydrogen-bond acceptors (Lipinski definition) is 2. The Balaban J connectivity index is 2.17. The van der Waals surface area contributed by atoms with Gasteiger partial charge in [0.1, 0.15) is 0 Å². The summed E-state index contributed by atoms with van der Waals surface area (Å²) in [5, 5.41) is 0.703. The van der Waals surface area contributed by atoms with Crippen LogP contribution in [0.3, 0.4) is 0 Å². The Morgan fingerprint density at radius 2 is 2.18 bits per heavy atom. The second-order valence-electron chi connectivity index (χ2n) is 3.84. The summed E-state index contributed by atoms with van der Waals surface area (Å²) in [7, 11) is 0. The van der Waals surface area contributed by atoms with Crippen molar-refractivity contribution in [2.24, 2.45) is 5.73 Å². The van der Waals surface area contributed by atoms with E-state index in [0.29, 0.717) is 5.02 Å². The number of rotatable bonds is 3. The third kappa shape index (κ3) is 3.28. The van der Waals surface area contributed by atoms with Crippen molar-refractivity contribution < 1.29 is 0 Å². The zero-order valence-electron chi connectivity index (χ0n) is 9.11. The summed E-state index contributed by atoms with van der Waals surface area (Å²) in [4.78, 5) is 4.08. The SMILES string of the molecule is NC(Cc1cccnc1)c1ccc(Cl)cc1Br. The molecule has 0 amide bonds. The van der Waals surface area contributed by atoms with E-state index in [2.05, 4.69) is 20.9 Å². The Labute approximate surface area is 114 Å². The number of aromatic nitrogens is 1. The number of halogens is 2. The molecule has 17 heavy (non-hydrogen) atoms. The minimum Gasteiger partial charge on any atom is -0.324 e. The molecule has 2 nitrogen and oxygen atoms in total. The van der Waals surface area contributed by atoms with Crippen LogP contribution in [0.5, 0.6) is 0 Å². The summed E-state index contributed by atoms with van der Waals surface area (Å²) in [6, 6.07) is 9.54. The zero-order chi connectivity index (χ0) is 12.3. The second-order valence-corrected chi connectivity index (χ2v) is 5.13. The van der Waals surface area contributed by atoms with Gasteiger partial charge in [-0.05, 0) is 35.7 Å². The van der Waals surface area contributed by atoms with Crippen LogP contribution in [-0.2, 0) is 6.42 Å². The average molecular weight is 312 g/mol. The van der Waals surface area contributed by atoms with Crippen molar-refractivity contribution >= 4 is 27.5 Å². The van der Waals surface area contributed by atoms with E-state index in [4.69, 9.17) is 17.3 Å². The molecule has 1 aromatic heterocycles. The molecule has 1 unspecified atom stereocenters. The van der Waals surface area contributed by atoms with Crippen molar-refractivity contribution in [3.63, 3.8) is 0 Å². The van der Waals surface area contributed by atoms with Crippen molar-refractivity contribution in [1.82, 2.24) is 4.98 Å². The van der Waals surface area contributed by atoms with Gasteiger partial charge >= 0.3 is 0 Å². The third-order valence-electron chi connectivity index (χ3n) is 2.54. The largest absolute Gasteiger partial charge is 0.324 e. The van der Waals surface area contributed by atoms with Crippen LogP contribution in [0.25, 0.3) is 0 Å². The fourth-order valence-electron chi connectivity index (χ4n) is 1.68. The predicted molar refractivity (Wildman–Crippen MR) is 74.0 cm³/mol. The van der Waals surface area contributed by atoms with Crippen LogP contribution in [0, 0.1) is 0 Å². The number of benzene rings is 1. The standard InChI is InChI=1S/C13H12BrClN2/c14-12-7-10(15)3-4-11(12)13(16)6-9-2-1-5-17-8-9/h1-5,7-8,13H,6,16H2. The van der Waals surface area contributed by atoms with E-state index in [1.165, 1.54) is 0 Å². The van der Waals surface area contributed by atoms with Gasteiger partial charge in [-0.2, -0.15) is 0 Å². The minimum atomic E-state index is -0.0640. The quantitative estimate of drug-likeness (QED) is 0.938. The predicted octanol–water partition coefficient (Wildman–Crippen LogP) is 3.74. The van der Waals surface area contributed by atoms with Gasteiger partial charge in [-0.3, -0.25) is 4.98 Å². The molecule has 0 bridgehead atoms. The summed E-state index contributed by atoms with van der Waals surface area (Å²) in [6.45, 7) is 0. The lowest BCUT2D eigenvalue weighted by Crippen LogP contribution is -2.14. The molecule has 0 aliphatic heterocycles. The maximum absolute atomic E-state index is 6.18. The van der Waals surface area contributed by atoms with Crippen LogP contribution in [0.15, 0.2) is 47.2 Å². The molecule has 4 heteroatoms. The maximum Gasteiger partial charge on any atom is 0.0417 e. The van der Waals surface area contributed by atoms with E-state index < -0.39 is 0 Å². The molecule has 0 saturated carbocycles. The minimum absolute atomic E-state index is 0.0640. The fourth-order valence-corrected chi connectivity index (χ4v) is 2.66. The summed E-state index contributed by atoms with van der Waals surface area (Å²) < 4.78 is 0.946. The highest BCUT2D eigenvalue weighted by atomic mass is 79.9. The lowest BCUT2D eigenvalue weighted by molar-refractivity contribution is 0.716. The zero-order valence-corrected chi connectivity index (χ0v) is 11.4. The summed E-state index contributed by atoms with van der Waals surface area (Å²) in [5.41, 5.74) is 8.36. The van der Waals surface area contributed by atoms with Gasteiger partial charge < -0.3 is 5.73 Å². The lowest BCUT2D eigenvalue weighted by Gasteiger charge is -2.14. The van der Waals surface area contributed by atoms with E-state index in [1.54, 1.807) is 6.20 Å². The van der Waals surface area contributed by atoms with Crippen molar-refractivity contribution in [1.29, 1.82) is 0 Å². The topological polar surface area (TPSA) is 38.9 Å². The van der Waals surface area contributed by atoms with Gasteiger partial charge in [-0.25, -0.2) is 0 Å². The molecule has 2 aromatic rings. The molecule has 2 N–H and O–H groups in total. The first kappa shape index (κ1) is 12.6. The van der Waals surface area contributed by atoms with Gasteiger partial charge in [0, 0.05) is 27.9 Å². The summed E-state index contributed by atoms with van der Waals surface area (Å²) in [5.74, 6) is 0. The Morgan fingerprint density at radius 1 is 1.35 bits per heavy atom. The molecule has 1 heterocycles. The lowest BCUT2D eigenvalue weighted by atomic mass is 10.0. The molecule has 2 rings (SSSR count). The number of nitrogens with two attached hydrogens (primary N) is 1. The van der Waals surface area contributed by atoms with Crippen LogP contribution < -0.4 is 5.73 Å². The van der Waals surface area contributed by atoms with Gasteiger partial charge in [0.15, 0.2) is 0 Å². The van der Waals surface area contributed by atoms with Gasteiger partial charge in [-0.15, -0.1) is 0 Å². The van der Waals surface area contributed by atoms with Crippen LogP contribution in [0.1, 0.15) is 17.2 Å². The van der Waals surface area contributed by atoms with E-state index >= 15 is 0 Å². The van der Waals surface area contributed by atoms with Gasteiger partial charge in [0.05, 0.1) is 0 Å². The third-order valence-corrected chi connectivity index (χ3v) is 3.46. The molecule has 0 aliphatic carbocycles. The van der Waals surface area contributed by atoms with Gasteiger partial charge in [0.25, 0.3) is 0 Å². The van der Waals surface area contributed by atoms with E-state index in [1.807, 2.05) is 36.5 Å². The first-order valence-corrected chi connectivity index (χ1v) is 6.43. The molecule has 0 aliphatic rings. The first-order valence-electron chi connectivity index (χ1n) is 5.26. The van der Waals surface area contributed by atoms with E-state index in [-0.39, 0.29) is 6.04 Å². The van der Waals surface area contributed by atoms with E-state index in [0.717, 1.165) is 22.0 Å². The highest BCUT2D eigenvalue weighted by molar-refractivity contribution is 9.10. The van der Waals surface area contributed by atoms with Crippen LogP contribution in [-0.4, -0.2) is 4.98 Å². The molecular formula is C13H12BrClN2. The van der Waals surface area contributed by atoms with Gasteiger partial charge in [0.2, 0.25) is 0 Å². The molecule has 0 spiro atoms. The summed E-state index contributed by atoms with van der Waals surface area (Å²) >= 11 is 9.38. The number of nitrogens with zero attached hydrogens (tertiary/aromatic N) is 1. The monoisotopic (exact) mass is 310 g/mol. The molecule has 0 radical (unpaired) electrons. The Bertz CT molecular complexity index is 502.